The van der Waals surface area contributed by atoms with E-state index in [0.29, 0.717) is 16.9 Å². The summed E-state index contributed by atoms with van der Waals surface area (Å²) < 4.78 is 38.7. The fraction of sp³-hybridized carbons (Fsp3) is 0.136. The molecule has 1 aromatic heterocycles. The van der Waals surface area contributed by atoms with Crippen molar-refractivity contribution in [1.82, 2.24) is 4.98 Å². The molecule has 3 rings (SSSR count). The second-order valence-electron chi connectivity index (χ2n) is 6.73. The molecule has 0 aliphatic heterocycles. The van der Waals surface area contributed by atoms with Gasteiger partial charge in [0.15, 0.2) is 0 Å². The molecule has 152 valence electrons. The number of aryl methyl sites for hydroxylation is 2. The van der Waals surface area contributed by atoms with E-state index in [1.54, 1.807) is 31.2 Å². The second-order valence-corrected chi connectivity index (χ2v) is 6.73. The molecule has 0 aliphatic carbocycles. The lowest BCUT2D eigenvalue weighted by atomic mass is 9.97. The van der Waals surface area contributed by atoms with Crippen LogP contribution in [0.2, 0.25) is 0 Å². The smallest absolute Gasteiger partial charge is 0.383 e. The Hall–Kier alpha value is -3.86. The number of carbonyl (C=O) groups excluding carboxylic acids is 1. The molecule has 5 nitrogen and oxygen atoms in total. The van der Waals surface area contributed by atoms with Crippen LogP contribution in [0.25, 0.3) is 11.1 Å². The molecule has 0 radical (unpaired) electrons. The van der Waals surface area contributed by atoms with E-state index < -0.39 is 17.6 Å². The first-order valence-corrected chi connectivity index (χ1v) is 8.87. The second kappa shape index (κ2) is 7.87. The zero-order chi connectivity index (χ0) is 22.1. The van der Waals surface area contributed by atoms with E-state index >= 15 is 0 Å². The van der Waals surface area contributed by atoms with Crippen molar-refractivity contribution in [1.29, 1.82) is 5.26 Å². The number of anilines is 2. The molecule has 1 amide bonds. The first kappa shape index (κ1) is 20.9. The van der Waals surface area contributed by atoms with Gasteiger partial charge < -0.3 is 11.1 Å². The number of benzene rings is 2. The largest absolute Gasteiger partial charge is 0.416 e. The number of rotatable bonds is 3. The van der Waals surface area contributed by atoms with E-state index in [1.807, 2.05) is 13.0 Å². The minimum absolute atomic E-state index is 0.107. The van der Waals surface area contributed by atoms with E-state index in [1.165, 1.54) is 12.1 Å². The number of aromatic nitrogens is 1. The molecule has 1 heterocycles. The first-order chi connectivity index (χ1) is 14.1. The van der Waals surface area contributed by atoms with Crippen molar-refractivity contribution >= 4 is 17.4 Å². The van der Waals surface area contributed by atoms with Gasteiger partial charge in [-0.1, -0.05) is 12.1 Å². The number of nitriles is 1. The number of hydrogen-bond donors (Lipinski definition) is 2. The normalized spacial score (nSPS) is 11.1. The zero-order valence-electron chi connectivity index (χ0n) is 16.1. The van der Waals surface area contributed by atoms with Crippen LogP contribution in [-0.2, 0) is 6.18 Å². The van der Waals surface area contributed by atoms with Gasteiger partial charge >= 0.3 is 6.18 Å². The van der Waals surface area contributed by atoms with Crippen LogP contribution in [0, 0.1) is 25.2 Å². The molecule has 8 heteroatoms. The predicted molar refractivity (Wildman–Crippen MR) is 108 cm³/mol. The van der Waals surface area contributed by atoms with E-state index in [2.05, 4.69) is 10.3 Å². The van der Waals surface area contributed by atoms with Crippen LogP contribution in [0.15, 0.2) is 48.5 Å². The Morgan fingerprint density at radius 3 is 2.50 bits per heavy atom. The highest BCUT2D eigenvalue weighted by atomic mass is 19.4. The van der Waals surface area contributed by atoms with Gasteiger partial charge in [0.1, 0.15) is 11.9 Å². The molecule has 0 atom stereocenters. The van der Waals surface area contributed by atoms with E-state index in [0.717, 1.165) is 23.3 Å². The summed E-state index contributed by atoms with van der Waals surface area (Å²) in [4.78, 5) is 16.7. The van der Waals surface area contributed by atoms with Crippen molar-refractivity contribution in [3.8, 4) is 17.2 Å². The van der Waals surface area contributed by atoms with E-state index in [4.69, 9.17) is 5.73 Å². The molecule has 2 aromatic carbocycles. The molecule has 0 unspecified atom stereocenters. The summed E-state index contributed by atoms with van der Waals surface area (Å²) in [5.74, 6) is -0.536. The maximum absolute atomic E-state index is 12.9. The number of carbonyl (C=O) groups is 1. The topological polar surface area (TPSA) is 91.8 Å². The Bertz CT molecular complexity index is 1180. The molecule has 3 N–H and O–H groups in total. The quantitative estimate of drug-likeness (QED) is 0.629. The Morgan fingerprint density at radius 1 is 1.10 bits per heavy atom. The average molecular weight is 410 g/mol. The highest BCUT2D eigenvalue weighted by Crippen LogP contribution is 2.32. The lowest BCUT2D eigenvalue weighted by Crippen LogP contribution is -2.14. The van der Waals surface area contributed by atoms with Gasteiger partial charge in [-0.2, -0.15) is 18.4 Å². The molecule has 0 bridgehead atoms. The Labute approximate surface area is 171 Å². The third-order valence-electron chi connectivity index (χ3n) is 4.60. The van der Waals surface area contributed by atoms with Crippen molar-refractivity contribution in [3.63, 3.8) is 0 Å². The lowest BCUT2D eigenvalue weighted by molar-refractivity contribution is -0.137. The summed E-state index contributed by atoms with van der Waals surface area (Å²) in [6, 6.07) is 12.9. The minimum Gasteiger partial charge on any atom is -0.383 e. The van der Waals surface area contributed by atoms with Crippen molar-refractivity contribution in [2.45, 2.75) is 20.0 Å². The summed E-state index contributed by atoms with van der Waals surface area (Å²) in [6.45, 7) is 3.61. The zero-order valence-corrected chi connectivity index (χ0v) is 16.1. The summed E-state index contributed by atoms with van der Waals surface area (Å²) in [6.07, 6.45) is -4.54. The number of hydrogen-bond acceptors (Lipinski definition) is 4. The minimum atomic E-state index is -4.54. The summed E-state index contributed by atoms with van der Waals surface area (Å²) in [5, 5.41) is 11.8. The van der Waals surface area contributed by atoms with E-state index in [-0.39, 0.29) is 16.9 Å². The van der Waals surface area contributed by atoms with Crippen molar-refractivity contribution in [2.75, 3.05) is 11.1 Å². The first-order valence-electron chi connectivity index (χ1n) is 8.87. The van der Waals surface area contributed by atoms with Crippen LogP contribution < -0.4 is 11.1 Å². The highest BCUT2D eigenvalue weighted by Gasteiger charge is 2.30. The van der Waals surface area contributed by atoms with Crippen LogP contribution in [0.5, 0.6) is 0 Å². The number of nitrogens with two attached hydrogens (primary N) is 1. The van der Waals surface area contributed by atoms with Gasteiger partial charge in [0.05, 0.1) is 11.1 Å². The number of halogens is 3. The number of nitrogens with one attached hydrogen (secondary N) is 1. The number of pyridine rings is 1. The molecule has 0 fully saturated rings. The molecule has 0 spiro atoms. The van der Waals surface area contributed by atoms with E-state index in [9.17, 15) is 23.2 Å². The van der Waals surface area contributed by atoms with Crippen LogP contribution in [-0.4, -0.2) is 10.9 Å². The maximum Gasteiger partial charge on any atom is 0.416 e. The highest BCUT2D eigenvalue weighted by molar-refractivity contribution is 6.04. The molecule has 0 saturated heterocycles. The van der Waals surface area contributed by atoms with Gasteiger partial charge in [-0.05, 0) is 61.4 Å². The fourth-order valence-electron chi connectivity index (χ4n) is 3.02. The summed E-state index contributed by atoms with van der Waals surface area (Å²) >= 11 is 0. The molecule has 0 aliphatic rings. The lowest BCUT2D eigenvalue weighted by Gasteiger charge is -2.14. The van der Waals surface area contributed by atoms with Gasteiger partial charge in [0.25, 0.3) is 5.91 Å². The summed E-state index contributed by atoms with van der Waals surface area (Å²) in [7, 11) is 0. The number of nitrogens with zero attached hydrogens (tertiary/aromatic N) is 2. The van der Waals surface area contributed by atoms with Crippen LogP contribution >= 0.6 is 0 Å². The number of nitrogen functional groups attached to an aromatic ring is 1. The number of amides is 1. The molecule has 0 saturated carbocycles. The number of alkyl halides is 3. The maximum atomic E-state index is 12.9. The monoisotopic (exact) mass is 410 g/mol. The molecule has 3 aromatic rings. The molecular weight excluding hydrogens is 393 g/mol. The third kappa shape index (κ3) is 4.25. The Balaban J connectivity index is 1.95. The Morgan fingerprint density at radius 2 is 1.83 bits per heavy atom. The summed E-state index contributed by atoms with van der Waals surface area (Å²) in [5.41, 5.74) is 8.24. The van der Waals surface area contributed by atoms with Gasteiger partial charge in [0, 0.05) is 22.5 Å². The van der Waals surface area contributed by atoms with Gasteiger partial charge in [-0.3, -0.25) is 4.79 Å². The third-order valence-corrected chi connectivity index (χ3v) is 4.60. The average Bonchev–Trinajstić information content (AvgIpc) is 2.69. The van der Waals surface area contributed by atoms with Gasteiger partial charge in [-0.25, -0.2) is 4.98 Å². The van der Waals surface area contributed by atoms with Crippen molar-refractivity contribution in [2.24, 2.45) is 0 Å². The molecular formula is C22H17F3N4O. The SMILES string of the molecule is Cc1ccc(NC(=O)c2cccc(C(F)(F)F)c2)cc1-c1cc(C#N)c(N)nc1C. The van der Waals surface area contributed by atoms with Gasteiger partial charge in [-0.15, -0.1) is 0 Å². The van der Waals surface area contributed by atoms with Crippen LogP contribution in [0.1, 0.15) is 32.7 Å². The Kier molecular flexibility index (Phi) is 5.47. The van der Waals surface area contributed by atoms with Crippen LogP contribution in [0.3, 0.4) is 0 Å². The van der Waals surface area contributed by atoms with Crippen LogP contribution in [0.4, 0.5) is 24.7 Å². The fourth-order valence-corrected chi connectivity index (χ4v) is 3.02. The predicted octanol–water partition coefficient (Wildman–Crippen LogP) is 5.09. The standard InChI is InChI=1S/C22H17F3N4O/c1-12-6-7-17(10-18(12)19-9-15(11-26)20(27)28-13(19)2)29-21(30)14-4-3-5-16(8-14)22(23,24)25/h3-10H,1-2H3,(H2,27,28)(H,29,30). The van der Waals surface area contributed by atoms with Crippen molar-refractivity contribution in [3.05, 3.63) is 76.5 Å². The van der Waals surface area contributed by atoms with Crippen molar-refractivity contribution < 1.29 is 18.0 Å². The molecule has 30 heavy (non-hydrogen) atoms. The van der Waals surface area contributed by atoms with Gasteiger partial charge in [0.2, 0.25) is 0 Å².